The predicted octanol–water partition coefficient (Wildman–Crippen LogP) is 5.23. The SMILES string of the molecule is CCCCOc1ccc([C@@H]2C(=C(O)c3ccc(OC)c(F)c3)C(=O)C(=O)N2Cc2ccco2)cc1. The molecular formula is C27H26FNO6. The molecule has 0 spiro atoms. The van der Waals surface area contributed by atoms with Crippen molar-refractivity contribution < 1.29 is 33.0 Å². The molecule has 4 rings (SSSR count). The molecule has 0 radical (unpaired) electrons. The molecule has 7 nitrogen and oxygen atoms in total. The summed E-state index contributed by atoms with van der Waals surface area (Å²) in [6.07, 6.45) is 3.40. The van der Waals surface area contributed by atoms with E-state index in [9.17, 15) is 19.1 Å². The maximum atomic E-state index is 14.3. The third-order valence-electron chi connectivity index (χ3n) is 5.83. The predicted molar refractivity (Wildman–Crippen MR) is 126 cm³/mol. The van der Waals surface area contributed by atoms with Crippen LogP contribution in [-0.2, 0) is 16.1 Å². The summed E-state index contributed by atoms with van der Waals surface area (Å²) in [7, 11) is 1.33. The number of hydrogen-bond acceptors (Lipinski definition) is 6. The molecule has 1 saturated heterocycles. The van der Waals surface area contributed by atoms with Crippen molar-refractivity contribution >= 4 is 17.4 Å². The van der Waals surface area contributed by atoms with Crippen LogP contribution in [0.25, 0.3) is 5.76 Å². The van der Waals surface area contributed by atoms with E-state index in [1.807, 2.05) is 0 Å². The highest BCUT2D eigenvalue weighted by Crippen LogP contribution is 2.41. The fourth-order valence-electron chi connectivity index (χ4n) is 4.01. The summed E-state index contributed by atoms with van der Waals surface area (Å²) in [5, 5.41) is 11.1. The Balaban J connectivity index is 1.77. The number of rotatable bonds is 9. The highest BCUT2D eigenvalue weighted by molar-refractivity contribution is 6.46. The number of furan rings is 1. The molecule has 35 heavy (non-hydrogen) atoms. The lowest BCUT2D eigenvalue weighted by Crippen LogP contribution is -2.29. The van der Waals surface area contributed by atoms with Gasteiger partial charge in [0.2, 0.25) is 0 Å². The van der Waals surface area contributed by atoms with Crippen LogP contribution in [0.4, 0.5) is 4.39 Å². The number of halogens is 1. The lowest BCUT2D eigenvalue weighted by atomic mass is 9.95. The van der Waals surface area contributed by atoms with Crippen LogP contribution in [0.2, 0.25) is 0 Å². The second-order valence-corrected chi connectivity index (χ2v) is 8.13. The summed E-state index contributed by atoms with van der Waals surface area (Å²) in [6, 6.07) is 13.3. The monoisotopic (exact) mass is 479 g/mol. The molecule has 182 valence electrons. The molecule has 1 aliphatic rings. The fourth-order valence-corrected chi connectivity index (χ4v) is 4.01. The van der Waals surface area contributed by atoms with E-state index in [0.717, 1.165) is 18.9 Å². The van der Waals surface area contributed by atoms with E-state index >= 15 is 0 Å². The zero-order valence-electron chi connectivity index (χ0n) is 19.5. The maximum absolute atomic E-state index is 14.3. The number of amides is 1. The normalized spacial score (nSPS) is 17.1. The Hall–Kier alpha value is -4.07. The lowest BCUT2D eigenvalue weighted by molar-refractivity contribution is -0.140. The Morgan fingerprint density at radius 1 is 1.14 bits per heavy atom. The number of carbonyl (C=O) groups excluding carboxylic acids is 2. The van der Waals surface area contributed by atoms with Gasteiger partial charge in [-0.2, -0.15) is 0 Å². The van der Waals surface area contributed by atoms with Crippen molar-refractivity contribution in [2.45, 2.75) is 32.4 Å². The van der Waals surface area contributed by atoms with E-state index in [4.69, 9.17) is 13.9 Å². The molecule has 3 aromatic rings. The third-order valence-corrected chi connectivity index (χ3v) is 5.83. The van der Waals surface area contributed by atoms with Gasteiger partial charge in [-0.25, -0.2) is 4.39 Å². The van der Waals surface area contributed by atoms with Crippen molar-refractivity contribution in [2.75, 3.05) is 13.7 Å². The van der Waals surface area contributed by atoms with Crippen molar-refractivity contribution in [3.8, 4) is 11.5 Å². The maximum Gasteiger partial charge on any atom is 0.296 e. The minimum atomic E-state index is -0.907. The van der Waals surface area contributed by atoms with Gasteiger partial charge in [0, 0.05) is 5.56 Å². The van der Waals surface area contributed by atoms with E-state index < -0.39 is 29.3 Å². The Morgan fingerprint density at radius 3 is 2.54 bits per heavy atom. The Kier molecular flexibility index (Phi) is 7.19. The molecule has 1 N–H and O–H groups in total. The number of Topliss-reactive ketones (excluding diaryl/α,β-unsaturated/α-hetero) is 1. The van der Waals surface area contributed by atoms with Gasteiger partial charge >= 0.3 is 0 Å². The van der Waals surface area contributed by atoms with E-state index in [1.54, 1.807) is 36.4 Å². The van der Waals surface area contributed by atoms with Crippen molar-refractivity contribution in [3.05, 3.63) is 89.1 Å². The molecule has 2 aromatic carbocycles. The van der Waals surface area contributed by atoms with E-state index in [1.165, 1.54) is 30.4 Å². The number of nitrogens with zero attached hydrogens (tertiary/aromatic N) is 1. The molecule has 1 aromatic heterocycles. The number of methoxy groups -OCH3 is 1. The lowest BCUT2D eigenvalue weighted by Gasteiger charge is -2.24. The molecule has 1 fully saturated rings. The van der Waals surface area contributed by atoms with E-state index in [-0.39, 0.29) is 23.4 Å². The average molecular weight is 480 g/mol. The summed E-state index contributed by atoms with van der Waals surface area (Å²) in [5.74, 6) is -1.69. The molecular weight excluding hydrogens is 453 g/mol. The van der Waals surface area contributed by atoms with Gasteiger partial charge < -0.3 is 23.9 Å². The molecule has 0 bridgehead atoms. The van der Waals surface area contributed by atoms with Crippen LogP contribution in [0, 0.1) is 5.82 Å². The van der Waals surface area contributed by atoms with E-state index in [2.05, 4.69) is 6.92 Å². The summed E-state index contributed by atoms with van der Waals surface area (Å²) in [4.78, 5) is 27.5. The van der Waals surface area contributed by atoms with Crippen molar-refractivity contribution in [1.82, 2.24) is 4.90 Å². The van der Waals surface area contributed by atoms with Crippen LogP contribution in [-0.4, -0.2) is 35.4 Å². The Labute approximate surface area is 202 Å². The number of likely N-dealkylation sites (tertiary alicyclic amines) is 1. The van der Waals surface area contributed by atoms with Crippen LogP contribution in [0.15, 0.2) is 70.9 Å². The van der Waals surface area contributed by atoms with Crippen molar-refractivity contribution in [2.24, 2.45) is 0 Å². The number of unbranched alkanes of at least 4 members (excludes halogenated alkanes) is 1. The van der Waals surface area contributed by atoms with Crippen molar-refractivity contribution in [3.63, 3.8) is 0 Å². The topological polar surface area (TPSA) is 89.2 Å². The summed E-state index contributed by atoms with van der Waals surface area (Å²) in [5.41, 5.74) is 0.517. The van der Waals surface area contributed by atoms with E-state index in [0.29, 0.717) is 23.7 Å². The smallest absolute Gasteiger partial charge is 0.296 e. The fraction of sp³-hybridized carbons (Fsp3) is 0.259. The molecule has 1 amide bonds. The van der Waals surface area contributed by atoms with Gasteiger partial charge in [0.05, 0.1) is 38.1 Å². The van der Waals surface area contributed by atoms with Gasteiger partial charge in [-0.3, -0.25) is 9.59 Å². The van der Waals surface area contributed by atoms with Crippen LogP contribution in [0.1, 0.15) is 42.7 Å². The van der Waals surface area contributed by atoms with Crippen LogP contribution in [0.3, 0.4) is 0 Å². The zero-order chi connectivity index (χ0) is 24.9. The van der Waals surface area contributed by atoms with Crippen LogP contribution in [0.5, 0.6) is 11.5 Å². The second-order valence-electron chi connectivity index (χ2n) is 8.13. The number of aliphatic hydroxyl groups excluding tert-OH is 1. The van der Waals surface area contributed by atoms with Gasteiger partial charge in [0.1, 0.15) is 17.3 Å². The number of benzene rings is 2. The number of hydrogen-bond donors (Lipinski definition) is 1. The summed E-state index contributed by atoms with van der Waals surface area (Å²) < 4.78 is 30.4. The van der Waals surface area contributed by atoms with Crippen LogP contribution >= 0.6 is 0 Å². The van der Waals surface area contributed by atoms with Gasteiger partial charge in [-0.05, 0) is 54.4 Å². The Bertz CT molecular complexity index is 1230. The first-order valence-corrected chi connectivity index (χ1v) is 11.3. The number of ether oxygens (including phenoxy) is 2. The summed E-state index contributed by atoms with van der Waals surface area (Å²) >= 11 is 0. The minimum absolute atomic E-state index is 0.00460. The van der Waals surface area contributed by atoms with Crippen molar-refractivity contribution in [1.29, 1.82) is 0 Å². The zero-order valence-corrected chi connectivity index (χ0v) is 19.5. The number of aliphatic hydroxyl groups is 1. The number of ketones is 1. The first kappa shape index (κ1) is 24.1. The standard InChI is InChI=1S/C27H26FNO6/c1-3-4-13-34-19-10-7-17(8-11-19)24-23(25(30)18-9-12-22(33-2)21(28)15-18)26(31)27(32)29(24)16-20-6-5-14-35-20/h5-12,14-15,24,30H,3-4,13,16H2,1-2H3/t24-/m1/s1. The molecule has 1 aliphatic heterocycles. The molecule has 0 aliphatic carbocycles. The summed E-state index contributed by atoms with van der Waals surface area (Å²) in [6.45, 7) is 2.67. The number of carbonyl (C=O) groups is 2. The first-order valence-electron chi connectivity index (χ1n) is 11.3. The van der Waals surface area contributed by atoms with Gasteiger partial charge in [0.15, 0.2) is 11.6 Å². The Morgan fingerprint density at radius 2 is 1.91 bits per heavy atom. The molecule has 8 heteroatoms. The van der Waals surface area contributed by atoms with Gasteiger partial charge in [-0.15, -0.1) is 0 Å². The average Bonchev–Trinajstić information content (AvgIpc) is 3.46. The highest BCUT2D eigenvalue weighted by atomic mass is 19.1. The van der Waals surface area contributed by atoms with Gasteiger partial charge in [-0.1, -0.05) is 25.5 Å². The molecule has 1 atom stereocenters. The van der Waals surface area contributed by atoms with Gasteiger partial charge in [0.25, 0.3) is 11.7 Å². The molecule has 2 heterocycles. The first-order chi connectivity index (χ1) is 16.9. The minimum Gasteiger partial charge on any atom is -0.507 e. The highest BCUT2D eigenvalue weighted by Gasteiger charge is 2.46. The quantitative estimate of drug-likeness (QED) is 0.196. The molecule has 0 saturated carbocycles. The molecule has 0 unspecified atom stereocenters. The second kappa shape index (κ2) is 10.5. The largest absolute Gasteiger partial charge is 0.507 e. The third kappa shape index (κ3) is 4.91. The van der Waals surface area contributed by atoms with Crippen LogP contribution < -0.4 is 9.47 Å².